The van der Waals surface area contributed by atoms with Crippen LogP contribution in [-0.4, -0.2) is 31.6 Å². The number of aromatic nitrogens is 1. The van der Waals surface area contributed by atoms with Crippen molar-refractivity contribution in [3.63, 3.8) is 0 Å². The third-order valence-electron chi connectivity index (χ3n) is 2.06. The Hall–Kier alpha value is -2.04. The lowest BCUT2D eigenvalue weighted by Crippen LogP contribution is -2.36. The summed E-state index contributed by atoms with van der Waals surface area (Å²) in [6.45, 7) is 4.90. The predicted octanol–water partition coefficient (Wildman–Crippen LogP) is 0.941. The number of aliphatic imine (C=N–C) groups is 1. The molecule has 0 aliphatic heterocycles. The third kappa shape index (κ3) is 4.55. The van der Waals surface area contributed by atoms with E-state index in [0.29, 0.717) is 19.0 Å². The number of nitrogens with zero attached hydrogens (tertiary/aromatic N) is 2. The molecule has 2 N–H and O–H groups in total. The van der Waals surface area contributed by atoms with Gasteiger partial charge in [0.15, 0.2) is 5.96 Å². The van der Waals surface area contributed by atoms with Gasteiger partial charge in [-0.15, -0.1) is 6.58 Å². The average Bonchev–Trinajstić information content (AvgIpc) is 2.39. The van der Waals surface area contributed by atoms with Crippen LogP contribution in [-0.2, 0) is 6.54 Å². The molecular formula is C12H18N4O. The van der Waals surface area contributed by atoms with Gasteiger partial charge in [-0.2, -0.15) is 0 Å². The van der Waals surface area contributed by atoms with E-state index in [2.05, 4.69) is 27.2 Å². The smallest absolute Gasteiger partial charge is 0.213 e. The summed E-state index contributed by atoms with van der Waals surface area (Å²) in [7, 11) is 3.32. The molecule has 92 valence electrons. The molecule has 0 saturated carbocycles. The Labute approximate surface area is 102 Å². The fraction of sp³-hybridized carbons (Fsp3) is 0.333. The highest BCUT2D eigenvalue weighted by molar-refractivity contribution is 5.79. The van der Waals surface area contributed by atoms with Crippen molar-refractivity contribution in [1.82, 2.24) is 15.6 Å². The van der Waals surface area contributed by atoms with Crippen LogP contribution >= 0.6 is 0 Å². The number of nitrogens with one attached hydrogen (secondary N) is 2. The summed E-state index contributed by atoms with van der Waals surface area (Å²) in [6, 6.07) is 5.65. The Morgan fingerprint density at radius 2 is 2.35 bits per heavy atom. The number of hydrogen-bond donors (Lipinski definition) is 2. The Morgan fingerprint density at radius 3 is 3.00 bits per heavy atom. The van der Waals surface area contributed by atoms with Gasteiger partial charge in [0.2, 0.25) is 5.88 Å². The first kappa shape index (κ1) is 13.0. The summed E-state index contributed by atoms with van der Waals surface area (Å²) in [6.07, 6.45) is 1.77. The molecule has 0 aromatic carbocycles. The lowest BCUT2D eigenvalue weighted by molar-refractivity contribution is 0.396. The predicted molar refractivity (Wildman–Crippen MR) is 69.2 cm³/mol. The van der Waals surface area contributed by atoms with Gasteiger partial charge >= 0.3 is 0 Å². The van der Waals surface area contributed by atoms with Crippen molar-refractivity contribution in [1.29, 1.82) is 0 Å². The molecule has 0 radical (unpaired) electrons. The van der Waals surface area contributed by atoms with E-state index in [0.717, 1.165) is 11.7 Å². The maximum Gasteiger partial charge on any atom is 0.213 e. The van der Waals surface area contributed by atoms with Crippen molar-refractivity contribution in [3.05, 3.63) is 36.5 Å². The summed E-state index contributed by atoms with van der Waals surface area (Å²) >= 11 is 0. The maximum absolute atomic E-state index is 5.05. The molecular weight excluding hydrogens is 216 g/mol. The van der Waals surface area contributed by atoms with Crippen LogP contribution in [0.2, 0.25) is 0 Å². The molecule has 5 heteroatoms. The standard InChI is InChI=1S/C12H18N4O/c1-4-8-14-12(13-2)15-9-10-6-5-7-11(16-10)17-3/h4-7H,1,8-9H2,2-3H3,(H2,13,14,15). The van der Waals surface area contributed by atoms with Crippen molar-refractivity contribution < 1.29 is 4.74 Å². The fourth-order valence-electron chi connectivity index (χ4n) is 1.23. The molecule has 0 unspecified atom stereocenters. The summed E-state index contributed by atoms with van der Waals surface area (Å²) in [5.74, 6) is 1.33. The zero-order chi connectivity index (χ0) is 12.5. The summed E-state index contributed by atoms with van der Waals surface area (Å²) < 4.78 is 5.05. The van der Waals surface area contributed by atoms with Crippen molar-refractivity contribution in [2.24, 2.45) is 4.99 Å². The van der Waals surface area contributed by atoms with Gasteiger partial charge in [0, 0.05) is 19.7 Å². The van der Waals surface area contributed by atoms with Crippen LogP contribution in [0.4, 0.5) is 0 Å². The SMILES string of the molecule is C=CCNC(=NC)NCc1cccc(OC)n1. The first-order valence-electron chi connectivity index (χ1n) is 5.35. The van der Waals surface area contributed by atoms with Crippen LogP contribution in [0.1, 0.15) is 5.69 Å². The summed E-state index contributed by atoms with van der Waals surface area (Å²) in [5, 5.41) is 6.22. The van der Waals surface area contributed by atoms with Gasteiger partial charge in [-0.3, -0.25) is 4.99 Å². The number of rotatable bonds is 5. The van der Waals surface area contributed by atoms with E-state index in [4.69, 9.17) is 4.74 Å². The Morgan fingerprint density at radius 1 is 1.53 bits per heavy atom. The second-order valence-electron chi connectivity index (χ2n) is 3.27. The van der Waals surface area contributed by atoms with E-state index in [1.807, 2.05) is 18.2 Å². The van der Waals surface area contributed by atoms with Gasteiger partial charge in [0.05, 0.1) is 19.3 Å². The number of pyridine rings is 1. The van der Waals surface area contributed by atoms with Crippen LogP contribution in [0, 0.1) is 0 Å². The Kier molecular flexibility index (Phi) is 5.57. The molecule has 0 aliphatic rings. The highest BCUT2D eigenvalue weighted by Gasteiger charge is 1.99. The fourth-order valence-corrected chi connectivity index (χ4v) is 1.23. The molecule has 0 fully saturated rings. The van der Waals surface area contributed by atoms with Crippen molar-refractivity contribution in [2.75, 3.05) is 20.7 Å². The van der Waals surface area contributed by atoms with Gasteiger partial charge in [0.25, 0.3) is 0 Å². The molecule has 0 spiro atoms. The van der Waals surface area contributed by atoms with Crippen LogP contribution in [0.3, 0.4) is 0 Å². The van der Waals surface area contributed by atoms with E-state index in [1.54, 1.807) is 20.2 Å². The highest BCUT2D eigenvalue weighted by Crippen LogP contribution is 2.05. The molecule has 1 heterocycles. The molecule has 17 heavy (non-hydrogen) atoms. The largest absolute Gasteiger partial charge is 0.481 e. The van der Waals surface area contributed by atoms with Crippen LogP contribution < -0.4 is 15.4 Å². The molecule has 5 nitrogen and oxygen atoms in total. The molecule has 0 aliphatic carbocycles. The van der Waals surface area contributed by atoms with Crippen LogP contribution in [0.5, 0.6) is 5.88 Å². The maximum atomic E-state index is 5.05. The minimum absolute atomic E-state index is 0.591. The van der Waals surface area contributed by atoms with Gasteiger partial charge in [-0.25, -0.2) is 4.98 Å². The van der Waals surface area contributed by atoms with E-state index >= 15 is 0 Å². The number of methoxy groups -OCH3 is 1. The highest BCUT2D eigenvalue weighted by atomic mass is 16.5. The monoisotopic (exact) mass is 234 g/mol. The van der Waals surface area contributed by atoms with E-state index in [-0.39, 0.29) is 0 Å². The Balaban J connectivity index is 2.50. The average molecular weight is 234 g/mol. The molecule has 0 amide bonds. The van der Waals surface area contributed by atoms with Crippen molar-refractivity contribution >= 4 is 5.96 Å². The molecule has 0 atom stereocenters. The Bertz CT molecular complexity index is 390. The van der Waals surface area contributed by atoms with Gasteiger partial charge in [-0.1, -0.05) is 12.1 Å². The zero-order valence-electron chi connectivity index (χ0n) is 10.2. The topological polar surface area (TPSA) is 58.5 Å². The van der Waals surface area contributed by atoms with E-state index in [9.17, 15) is 0 Å². The van der Waals surface area contributed by atoms with Crippen molar-refractivity contribution in [3.8, 4) is 5.88 Å². The van der Waals surface area contributed by atoms with Crippen LogP contribution in [0.25, 0.3) is 0 Å². The van der Waals surface area contributed by atoms with Gasteiger partial charge in [0.1, 0.15) is 0 Å². The van der Waals surface area contributed by atoms with E-state index in [1.165, 1.54) is 0 Å². The molecule has 0 saturated heterocycles. The van der Waals surface area contributed by atoms with Gasteiger partial charge < -0.3 is 15.4 Å². The molecule has 0 bridgehead atoms. The van der Waals surface area contributed by atoms with Crippen molar-refractivity contribution in [2.45, 2.75) is 6.54 Å². The first-order valence-corrected chi connectivity index (χ1v) is 5.35. The summed E-state index contributed by atoms with van der Waals surface area (Å²) in [4.78, 5) is 8.36. The zero-order valence-corrected chi connectivity index (χ0v) is 10.2. The lowest BCUT2D eigenvalue weighted by Gasteiger charge is -2.10. The number of hydrogen-bond acceptors (Lipinski definition) is 3. The number of guanidine groups is 1. The quantitative estimate of drug-likeness (QED) is 0.452. The molecule has 1 rings (SSSR count). The lowest BCUT2D eigenvalue weighted by atomic mass is 10.3. The second kappa shape index (κ2) is 7.27. The molecule has 1 aromatic rings. The first-order chi connectivity index (χ1) is 8.30. The number of ether oxygens (including phenoxy) is 1. The molecule has 1 aromatic heterocycles. The van der Waals surface area contributed by atoms with Gasteiger partial charge in [-0.05, 0) is 6.07 Å². The van der Waals surface area contributed by atoms with E-state index < -0.39 is 0 Å². The second-order valence-corrected chi connectivity index (χ2v) is 3.27. The minimum atomic E-state index is 0.591. The minimum Gasteiger partial charge on any atom is -0.481 e. The normalized spacial score (nSPS) is 10.8. The van der Waals surface area contributed by atoms with Crippen LogP contribution in [0.15, 0.2) is 35.8 Å². The summed E-state index contributed by atoms with van der Waals surface area (Å²) in [5.41, 5.74) is 0.894. The third-order valence-corrected chi connectivity index (χ3v) is 2.06.